The first-order valence-corrected chi connectivity index (χ1v) is 6.12. The Morgan fingerprint density at radius 2 is 1.72 bits per heavy atom. The summed E-state index contributed by atoms with van der Waals surface area (Å²) in [5.74, 6) is 0. The maximum atomic E-state index is 12.8. The summed E-state index contributed by atoms with van der Waals surface area (Å²) in [4.78, 5) is 0. The van der Waals surface area contributed by atoms with Gasteiger partial charge in [0.25, 0.3) is 0 Å². The summed E-state index contributed by atoms with van der Waals surface area (Å²) in [6, 6.07) is 5.65. The summed E-state index contributed by atoms with van der Waals surface area (Å²) in [6.07, 6.45) is 0.727. The van der Waals surface area contributed by atoms with Crippen LogP contribution in [0.5, 0.6) is 0 Å². The minimum absolute atomic E-state index is 0. The van der Waals surface area contributed by atoms with Gasteiger partial charge in [-0.2, -0.15) is 0 Å². The second kappa shape index (κ2) is 4.50. The number of rotatable bonds is 2. The van der Waals surface area contributed by atoms with Crippen molar-refractivity contribution in [1.29, 1.82) is 0 Å². The third-order valence-corrected chi connectivity index (χ3v) is 4.77. The van der Waals surface area contributed by atoms with E-state index < -0.39 is 12.3 Å². The van der Waals surface area contributed by atoms with Crippen molar-refractivity contribution >= 4 is 18.6 Å². The van der Waals surface area contributed by atoms with Crippen LogP contribution in [-0.2, 0) is 5.41 Å². The van der Waals surface area contributed by atoms with Crippen molar-refractivity contribution in [2.75, 3.05) is 0 Å². The van der Waals surface area contributed by atoms with E-state index in [-0.39, 0.29) is 76.1 Å². The van der Waals surface area contributed by atoms with E-state index >= 15 is 0 Å². The molecular formula is C12H12BClF3K. The molecule has 18 heavy (non-hydrogen) atoms. The number of hydrogen-bond acceptors (Lipinski definition) is 0. The molecule has 0 aliphatic heterocycles. The molecule has 2 bridgehead atoms. The maximum Gasteiger partial charge on any atom is 1.00 e. The van der Waals surface area contributed by atoms with Crippen molar-refractivity contribution < 1.29 is 64.3 Å². The Hall–Kier alpha value is 1.00. The van der Waals surface area contributed by atoms with Gasteiger partial charge in [-0.15, -0.1) is 0 Å². The SMILES string of the molecule is Cc1ccc(C23CC([B-](F)(F)F)(C2)C3)c(Cl)c1.[K+]. The molecule has 0 amide bonds. The third kappa shape index (κ3) is 1.97. The first-order chi connectivity index (χ1) is 7.78. The molecule has 0 N–H and O–H groups in total. The Kier molecular flexibility index (Phi) is 3.85. The van der Waals surface area contributed by atoms with Gasteiger partial charge in [-0.05, 0) is 29.5 Å². The fourth-order valence-electron chi connectivity index (χ4n) is 3.55. The van der Waals surface area contributed by atoms with Crippen LogP contribution < -0.4 is 51.4 Å². The molecule has 3 aliphatic carbocycles. The molecule has 0 spiro atoms. The van der Waals surface area contributed by atoms with E-state index in [0.29, 0.717) is 5.02 Å². The zero-order valence-electron chi connectivity index (χ0n) is 10.4. The summed E-state index contributed by atoms with van der Waals surface area (Å²) in [7, 11) is 0. The molecule has 0 radical (unpaired) electrons. The zero-order chi connectivity index (χ0) is 12.5. The molecule has 3 saturated carbocycles. The Bertz CT molecular complexity index is 481. The van der Waals surface area contributed by atoms with Gasteiger partial charge in [-0.25, -0.2) is 0 Å². The predicted octanol–water partition coefficient (Wildman–Crippen LogP) is 1.68. The number of aryl methyl sites for hydroxylation is 1. The molecule has 4 rings (SSSR count). The molecule has 0 nitrogen and oxygen atoms in total. The fraction of sp³-hybridized carbons (Fsp3) is 0.500. The number of benzene rings is 1. The summed E-state index contributed by atoms with van der Waals surface area (Å²) in [6.45, 7) is -2.77. The van der Waals surface area contributed by atoms with E-state index in [1.807, 2.05) is 25.1 Å². The van der Waals surface area contributed by atoms with Crippen molar-refractivity contribution in [2.45, 2.75) is 36.9 Å². The molecule has 3 fully saturated rings. The molecule has 0 unspecified atom stereocenters. The molecule has 0 aromatic heterocycles. The molecule has 1 aromatic carbocycles. The summed E-state index contributed by atoms with van der Waals surface area (Å²) in [5, 5.41) is -0.721. The molecule has 0 saturated heterocycles. The first kappa shape index (κ1) is 15.4. The minimum Gasteiger partial charge on any atom is -0.449 e. The van der Waals surface area contributed by atoms with Crippen LogP contribution in [0, 0.1) is 6.92 Å². The van der Waals surface area contributed by atoms with E-state index in [1.54, 1.807) is 0 Å². The summed E-state index contributed by atoms with van der Waals surface area (Å²) < 4.78 is 38.4. The van der Waals surface area contributed by atoms with Crippen molar-refractivity contribution in [3.05, 3.63) is 34.3 Å². The van der Waals surface area contributed by atoms with Gasteiger partial charge >= 0.3 is 58.4 Å². The number of hydrogen-bond donors (Lipinski definition) is 0. The van der Waals surface area contributed by atoms with Gasteiger partial charge in [-0.1, -0.05) is 48.3 Å². The molecule has 0 heterocycles. The van der Waals surface area contributed by atoms with E-state index in [1.165, 1.54) is 0 Å². The average Bonchev–Trinajstić information content (AvgIpc) is 2.01. The van der Waals surface area contributed by atoms with Crippen LogP contribution in [0.25, 0.3) is 0 Å². The van der Waals surface area contributed by atoms with Crippen molar-refractivity contribution in [1.82, 2.24) is 0 Å². The Morgan fingerprint density at radius 1 is 1.17 bits per heavy atom. The number of halogens is 4. The molecular weight excluding hydrogens is 286 g/mol. The van der Waals surface area contributed by atoms with Crippen molar-refractivity contribution in [3.63, 3.8) is 0 Å². The summed E-state index contributed by atoms with van der Waals surface area (Å²) in [5.41, 5.74) is 1.67. The molecule has 6 heteroatoms. The van der Waals surface area contributed by atoms with Gasteiger partial charge in [-0.3, -0.25) is 0 Å². The van der Waals surface area contributed by atoms with Gasteiger partial charge in [0.2, 0.25) is 0 Å². The van der Waals surface area contributed by atoms with E-state index in [4.69, 9.17) is 11.6 Å². The summed E-state index contributed by atoms with van der Waals surface area (Å²) >= 11 is 6.13. The molecule has 1 aromatic rings. The van der Waals surface area contributed by atoms with Crippen LogP contribution in [0.3, 0.4) is 0 Å². The van der Waals surface area contributed by atoms with Gasteiger partial charge < -0.3 is 12.9 Å². The molecule has 0 atom stereocenters. The van der Waals surface area contributed by atoms with Crippen LogP contribution in [0.15, 0.2) is 18.2 Å². The van der Waals surface area contributed by atoms with Crippen molar-refractivity contribution in [3.8, 4) is 0 Å². The van der Waals surface area contributed by atoms with Crippen molar-refractivity contribution in [2.24, 2.45) is 0 Å². The maximum absolute atomic E-state index is 12.8. The standard InChI is InChI=1S/C12H12BClF3.K/c1-8-2-3-9(10(14)4-8)11-5-12(6-11,7-11)13(15,16)17;/h2-4H,5-7H2,1H3;/q-1;+1. The first-order valence-electron chi connectivity index (χ1n) is 5.74. The third-order valence-electron chi connectivity index (χ3n) is 4.46. The molecule has 92 valence electrons. The van der Waals surface area contributed by atoms with Crippen LogP contribution in [0.4, 0.5) is 12.9 Å². The Labute approximate surface area is 152 Å². The average molecular weight is 299 g/mol. The van der Waals surface area contributed by atoms with Gasteiger partial charge in [0.05, 0.1) is 0 Å². The monoisotopic (exact) mass is 298 g/mol. The van der Waals surface area contributed by atoms with Crippen LogP contribution in [0.1, 0.15) is 30.4 Å². The van der Waals surface area contributed by atoms with Crippen LogP contribution in [-0.4, -0.2) is 6.98 Å². The Balaban J connectivity index is 0.00000120. The smallest absolute Gasteiger partial charge is 0.449 e. The molecule has 3 aliphatic rings. The zero-order valence-corrected chi connectivity index (χ0v) is 14.3. The topological polar surface area (TPSA) is 0 Å². The van der Waals surface area contributed by atoms with E-state index in [2.05, 4.69) is 0 Å². The predicted molar refractivity (Wildman–Crippen MR) is 63.5 cm³/mol. The minimum atomic E-state index is -4.69. The second-order valence-electron chi connectivity index (χ2n) is 5.73. The van der Waals surface area contributed by atoms with Crippen LogP contribution >= 0.6 is 11.6 Å². The largest absolute Gasteiger partial charge is 1.00 e. The Morgan fingerprint density at radius 3 is 2.17 bits per heavy atom. The van der Waals surface area contributed by atoms with Gasteiger partial charge in [0, 0.05) is 5.02 Å². The van der Waals surface area contributed by atoms with Crippen LogP contribution in [0.2, 0.25) is 10.3 Å². The van der Waals surface area contributed by atoms with Gasteiger partial charge in [0.15, 0.2) is 0 Å². The van der Waals surface area contributed by atoms with Gasteiger partial charge in [0.1, 0.15) is 0 Å². The van der Waals surface area contributed by atoms with E-state index in [9.17, 15) is 12.9 Å². The quantitative estimate of drug-likeness (QED) is 0.729. The second-order valence-corrected chi connectivity index (χ2v) is 6.14. The van der Waals surface area contributed by atoms with E-state index in [0.717, 1.165) is 11.1 Å². The normalized spacial score (nSPS) is 33.2. The fourth-order valence-corrected chi connectivity index (χ4v) is 3.99.